The van der Waals surface area contributed by atoms with Crippen LogP contribution < -0.4 is 4.13 Å². The van der Waals surface area contributed by atoms with Crippen molar-refractivity contribution in [1.29, 1.82) is 0 Å². The van der Waals surface area contributed by atoms with Gasteiger partial charge in [0.15, 0.2) is 0 Å². The molecule has 6 nitrogen and oxygen atoms in total. The standard InChI is InChI=1S/C9H19N.C2HF6NO4S2/c1-3-9(2)10-7-5-4-6-8-10;3-1(4,5)14(10,11)9-15(12,13)2(6,7)8/h9H,3-8H2,1-2H3;9H. The van der Waals surface area contributed by atoms with Gasteiger partial charge in [-0.3, -0.25) is 0 Å². The molecule has 1 heterocycles. The predicted octanol–water partition coefficient (Wildman–Crippen LogP) is 2.55. The summed E-state index contributed by atoms with van der Waals surface area (Å²) < 4.78 is 108. The van der Waals surface area contributed by atoms with E-state index in [2.05, 4.69) is 18.7 Å². The van der Waals surface area contributed by atoms with Gasteiger partial charge in [-0.15, -0.1) is 0 Å². The molecular weight excluding hydrogens is 402 g/mol. The zero-order chi connectivity index (χ0) is 20.1. The van der Waals surface area contributed by atoms with Gasteiger partial charge < -0.3 is 4.90 Å². The Bertz CT molecular complexity index is 567. The van der Waals surface area contributed by atoms with Crippen LogP contribution in [0.5, 0.6) is 0 Å². The molecule has 0 spiro atoms. The minimum absolute atomic E-state index is 0.493. The molecule has 152 valence electrons. The van der Waals surface area contributed by atoms with Gasteiger partial charge >= 0.3 is 31.1 Å². The quantitative estimate of drug-likeness (QED) is 0.704. The molecule has 25 heavy (non-hydrogen) atoms. The van der Waals surface area contributed by atoms with E-state index in [1.54, 1.807) is 0 Å². The first-order chi connectivity index (χ1) is 11.0. The Morgan fingerprint density at radius 3 is 1.52 bits per heavy atom. The number of nitrogens with one attached hydrogen (secondary N) is 1. The molecule has 0 bridgehead atoms. The maximum absolute atomic E-state index is 11.5. The van der Waals surface area contributed by atoms with Gasteiger partial charge in [-0.05, 0) is 39.3 Å². The predicted molar refractivity (Wildman–Crippen MR) is 78.3 cm³/mol. The molecule has 1 aliphatic rings. The average molecular weight is 422 g/mol. The van der Waals surface area contributed by atoms with Gasteiger partial charge in [-0.2, -0.15) is 26.3 Å². The highest BCUT2D eigenvalue weighted by Gasteiger charge is 2.55. The maximum Gasteiger partial charge on any atom is 0.512 e. The molecule has 0 aromatic heterocycles. The van der Waals surface area contributed by atoms with Gasteiger partial charge in [0.1, 0.15) is 0 Å². The second kappa shape index (κ2) is 8.86. The minimum atomic E-state index is -6.60. The van der Waals surface area contributed by atoms with Crippen LogP contribution in [-0.4, -0.2) is 51.9 Å². The summed E-state index contributed by atoms with van der Waals surface area (Å²) in [6.07, 6.45) is 5.60. The Morgan fingerprint density at radius 1 is 0.880 bits per heavy atom. The fourth-order valence-electron chi connectivity index (χ4n) is 1.86. The fraction of sp³-hybridized carbons (Fsp3) is 1.00. The average Bonchev–Trinajstić information content (AvgIpc) is 2.44. The summed E-state index contributed by atoms with van der Waals surface area (Å²) in [7, 11) is -13.2. The van der Waals surface area contributed by atoms with Crippen molar-refractivity contribution in [2.45, 2.75) is 56.6 Å². The molecular formula is C11H20F6N2O4S2. The molecule has 1 aliphatic heterocycles. The molecule has 1 atom stereocenters. The van der Waals surface area contributed by atoms with Gasteiger partial charge in [0.05, 0.1) is 0 Å². The second-order valence-corrected chi connectivity index (χ2v) is 8.94. The molecule has 0 aromatic rings. The van der Waals surface area contributed by atoms with E-state index in [-0.39, 0.29) is 0 Å². The second-order valence-electron chi connectivity index (χ2n) is 5.34. The van der Waals surface area contributed by atoms with Crippen LogP contribution in [0.4, 0.5) is 26.3 Å². The van der Waals surface area contributed by atoms with Crippen molar-refractivity contribution >= 4 is 20.0 Å². The number of nitrogens with zero attached hydrogens (tertiary/aromatic N) is 1. The Hall–Kier alpha value is -0.600. The van der Waals surface area contributed by atoms with E-state index >= 15 is 0 Å². The van der Waals surface area contributed by atoms with E-state index in [1.807, 2.05) is 0 Å². The lowest BCUT2D eigenvalue weighted by atomic mass is 10.1. The molecule has 1 fully saturated rings. The summed E-state index contributed by atoms with van der Waals surface area (Å²) in [5.41, 5.74) is -12.3. The molecule has 1 unspecified atom stereocenters. The van der Waals surface area contributed by atoms with E-state index in [1.165, 1.54) is 38.8 Å². The number of likely N-dealkylation sites (tertiary alicyclic amines) is 1. The molecule has 0 saturated carbocycles. The van der Waals surface area contributed by atoms with Crippen LogP contribution in [0.1, 0.15) is 39.5 Å². The number of piperidine rings is 1. The third-order valence-electron chi connectivity index (χ3n) is 3.43. The number of sulfonamides is 2. The van der Waals surface area contributed by atoms with Crippen LogP contribution in [0.3, 0.4) is 0 Å². The molecule has 0 aromatic carbocycles. The molecule has 0 aliphatic carbocycles. The highest BCUT2D eigenvalue weighted by molar-refractivity contribution is 8.05. The van der Waals surface area contributed by atoms with Crippen LogP contribution in [-0.2, 0) is 20.0 Å². The van der Waals surface area contributed by atoms with Gasteiger partial charge in [-0.25, -0.2) is 16.8 Å². The van der Waals surface area contributed by atoms with Gasteiger partial charge in [0, 0.05) is 6.04 Å². The van der Waals surface area contributed by atoms with E-state index in [0.29, 0.717) is 0 Å². The third kappa shape index (κ3) is 7.66. The van der Waals surface area contributed by atoms with Crippen molar-refractivity contribution in [3.8, 4) is 0 Å². The molecule has 1 saturated heterocycles. The highest BCUT2D eigenvalue weighted by Crippen LogP contribution is 2.27. The molecule has 1 rings (SSSR count). The van der Waals surface area contributed by atoms with Crippen molar-refractivity contribution in [3.05, 3.63) is 0 Å². The summed E-state index contributed by atoms with van der Waals surface area (Å²) >= 11 is 0. The van der Waals surface area contributed by atoms with Crippen molar-refractivity contribution in [2.75, 3.05) is 13.1 Å². The summed E-state index contributed by atoms with van der Waals surface area (Å²) in [4.78, 5) is 2.61. The number of rotatable bonds is 4. The monoisotopic (exact) mass is 422 g/mol. The molecule has 14 heteroatoms. The summed E-state index contributed by atoms with van der Waals surface area (Å²) in [5.74, 6) is 0. The maximum atomic E-state index is 11.5. The lowest BCUT2D eigenvalue weighted by molar-refractivity contribution is -0.0476. The van der Waals surface area contributed by atoms with E-state index in [9.17, 15) is 43.2 Å². The third-order valence-corrected chi connectivity index (χ3v) is 6.41. The lowest BCUT2D eigenvalue weighted by Gasteiger charge is -2.31. The van der Waals surface area contributed by atoms with Crippen LogP contribution in [0.15, 0.2) is 0 Å². The SMILES string of the molecule is CCC(C)N1CCCCC1.O=S(=O)(NS(=O)(=O)C(F)(F)F)C(F)(F)F. The summed E-state index contributed by atoms with van der Waals surface area (Å²) in [6, 6.07) is 0.820. The smallest absolute Gasteiger partial charge is 0.301 e. The molecule has 0 radical (unpaired) electrons. The highest BCUT2D eigenvalue weighted by atomic mass is 32.3. The first kappa shape index (κ1) is 24.4. The zero-order valence-electron chi connectivity index (χ0n) is 13.5. The van der Waals surface area contributed by atoms with E-state index in [0.717, 1.165) is 6.04 Å². The molecule has 0 amide bonds. The topological polar surface area (TPSA) is 83.6 Å². The number of hydrogen-bond donors (Lipinski definition) is 1. The number of alkyl halides is 6. The van der Waals surface area contributed by atoms with Crippen molar-refractivity contribution in [1.82, 2.24) is 9.03 Å². The lowest BCUT2D eigenvalue weighted by Crippen LogP contribution is -2.45. The van der Waals surface area contributed by atoms with E-state index < -0.39 is 35.2 Å². The first-order valence-corrected chi connectivity index (χ1v) is 10.2. The molecule has 1 N–H and O–H groups in total. The van der Waals surface area contributed by atoms with Gasteiger partial charge in [-0.1, -0.05) is 17.5 Å². The summed E-state index contributed by atoms with van der Waals surface area (Å²) in [6.45, 7) is 7.30. The minimum Gasteiger partial charge on any atom is -0.301 e. The van der Waals surface area contributed by atoms with Crippen LogP contribution in [0.25, 0.3) is 0 Å². The van der Waals surface area contributed by atoms with Crippen LogP contribution in [0, 0.1) is 0 Å². The van der Waals surface area contributed by atoms with Crippen LogP contribution >= 0.6 is 0 Å². The van der Waals surface area contributed by atoms with Gasteiger partial charge in [0.25, 0.3) is 0 Å². The largest absolute Gasteiger partial charge is 0.512 e. The number of halogens is 6. The van der Waals surface area contributed by atoms with Crippen molar-refractivity contribution in [3.63, 3.8) is 0 Å². The Balaban J connectivity index is 0.000000496. The van der Waals surface area contributed by atoms with Crippen molar-refractivity contribution in [2.24, 2.45) is 0 Å². The first-order valence-electron chi connectivity index (χ1n) is 7.20. The number of hydrogen-bond acceptors (Lipinski definition) is 5. The Labute approximate surface area is 142 Å². The van der Waals surface area contributed by atoms with Gasteiger partial charge in [0.2, 0.25) is 0 Å². The summed E-state index contributed by atoms with van der Waals surface area (Å²) in [5, 5.41) is 0. The Morgan fingerprint density at radius 2 is 1.24 bits per heavy atom. The fourth-order valence-corrected chi connectivity index (χ4v) is 3.77. The van der Waals surface area contributed by atoms with Crippen LogP contribution in [0.2, 0.25) is 0 Å². The normalized spacial score (nSPS) is 19.0. The van der Waals surface area contributed by atoms with E-state index in [4.69, 9.17) is 0 Å². The van der Waals surface area contributed by atoms with Crippen molar-refractivity contribution < 1.29 is 43.2 Å². The zero-order valence-corrected chi connectivity index (χ0v) is 15.1. The Kier molecular flexibility index (Phi) is 8.65.